The normalized spacial score (nSPS) is 11.5. The summed E-state index contributed by atoms with van der Waals surface area (Å²) in [7, 11) is 2.02. The number of anilines is 1. The van der Waals surface area contributed by atoms with Crippen LogP contribution in [0.25, 0.3) is 0 Å². The number of nitrogens with zero attached hydrogens (tertiary/aromatic N) is 3. The van der Waals surface area contributed by atoms with Gasteiger partial charge in [0, 0.05) is 26.3 Å². The molecule has 1 aromatic rings. The van der Waals surface area contributed by atoms with Crippen molar-refractivity contribution >= 4 is 5.82 Å². The van der Waals surface area contributed by atoms with Crippen LogP contribution in [0.15, 0.2) is 12.4 Å². The molecule has 1 heterocycles. The fourth-order valence-electron chi connectivity index (χ4n) is 1.47. The second-order valence-corrected chi connectivity index (χ2v) is 4.99. The third-order valence-electron chi connectivity index (χ3n) is 1.98. The van der Waals surface area contributed by atoms with E-state index in [-0.39, 0.29) is 5.41 Å². The Kier molecular flexibility index (Phi) is 3.63. The molecule has 1 rings (SSSR count). The van der Waals surface area contributed by atoms with E-state index in [0.717, 1.165) is 18.1 Å². The van der Waals surface area contributed by atoms with Crippen molar-refractivity contribution in [2.75, 3.05) is 18.5 Å². The highest BCUT2D eigenvalue weighted by atomic mass is 15.2. The van der Waals surface area contributed by atoms with Gasteiger partial charge in [0.05, 0.1) is 11.9 Å². The molecule has 0 aliphatic carbocycles. The van der Waals surface area contributed by atoms with E-state index < -0.39 is 0 Å². The third kappa shape index (κ3) is 3.83. The van der Waals surface area contributed by atoms with E-state index in [0.29, 0.717) is 6.54 Å². The van der Waals surface area contributed by atoms with Crippen molar-refractivity contribution < 1.29 is 0 Å². The predicted molar refractivity (Wildman–Crippen MR) is 62.6 cm³/mol. The van der Waals surface area contributed by atoms with Crippen LogP contribution in [0.4, 0.5) is 5.82 Å². The van der Waals surface area contributed by atoms with Crippen LogP contribution in [-0.2, 0) is 6.54 Å². The van der Waals surface area contributed by atoms with Gasteiger partial charge in [0.25, 0.3) is 0 Å². The maximum Gasteiger partial charge on any atom is 0.147 e. The second-order valence-electron chi connectivity index (χ2n) is 4.99. The molecule has 0 fully saturated rings. The molecule has 0 aromatic carbocycles. The highest BCUT2D eigenvalue weighted by Crippen LogP contribution is 2.17. The maximum absolute atomic E-state index is 5.53. The van der Waals surface area contributed by atoms with Gasteiger partial charge in [-0.2, -0.15) is 0 Å². The van der Waals surface area contributed by atoms with E-state index in [1.807, 2.05) is 7.05 Å². The molecule has 0 amide bonds. The van der Waals surface area contributed by atoms with E-state index in [1.165, 1.54) is 0 Å². The number of aromatic nitrogens is 2. The minimum atomic E-state index is 0.245. The van der Waals surface area contributed by atoms with E-state index in [1.54, 1.807) is 12.4 Å². The van der Waals surface area contributed by atoms with E-state index in [4.69, 9.17) is 5.73 Å². The minimum Gasteiger partial charge on any atom is -0.358 e. The van der Waals surface area contributed by atoms with Crippen molar-refractivity contribution in [3.63, 3.8) is 0 Å². The Morgan fingerprint density at radius 1 is 1.33 bits per heavy atom. The van der Waals surface area contributed by atoms with Crippen LogP contribution in [0.3, 0.4) is 0 Å². The van der Waals surface area contributed by atoms with Crippen LogP contribution in [0.5, 0.6) is 0 Å². The number of hydrogen-bond acceptors (Lipinski definition) is 4. The van der Waals surface area contributed by atoms with E-state index in [2.05, 4.69) is 35.6 Å². The van der Waals surface area contributed by atoms with E-state index in [9.17, 15) is 0 Å². The smallest absolute Gasteiger partial charge is 0.147 e. The summed E-state index contributed by atoms with van der Waals surface area (Å²) in [4.78, 5) is 10.6. The van der Waals surface area contributed by atoms with Crippen molar-refractivity contribution in [2.24, 2.45) is 11.1 Å². The summed E-state index contributed by atoms with van der Waals surface area (Å²) in [6.45, 7) is 7.97. The average Bonchev–Trinajstić information content (AvgIpc) is 2.15. The van der Waals surface area contributed by atoms with Crippen molar-refractivity contribution in [2.45, 2.75) is 27.3 Å². The van der Waals surface area contributed by atoms with Crippen LogP contribution in [0.2, 0.25) is 0 Å². The molecule has 0 aliphatic rings. The SMILES string of the molecule is CN(CC(C)(C)C)c1cncc(CN)n1. The summed E-state index contributed by atoms with van der Waals surface area (Å²) in [5.41, 5.74) is 6.60. The molecular formula is C11H20N4. The Balaban J connectivity index is 2.77. The molecule has 15 heavy (non-hydrogen) atoms. The number of hydrogen-bond donors (Lipinski definition) is 1. The van der Waals surface area contributed by atoms with Gasteiger partial charge in [-0.25, -0.2) is 4.98 Å². The molecule has 4 heteroatoms. The Hall–Kier alpha value is -1.16. The molecule has 4 nitrogen and oxygen atoms in total. The Morgan fingerprint density at radius 2 is 2.00 bits per heavy atom. The van der Waals surface area contributed by atoms with Gasteiger partial charge in [0.2, 0.25) is 0 Å². The zero-order valence-corrected chi connectivity index (χ0v) is 9.99. The lowest BCUT2D eigenvalue weighted by atomic mass is 9.96. The lowest BCUT2D eigenvalue weighted by Gasteiger charge is -2.27. The molecule has 0 unspecified atom stereocenters. The summed E-state index contributed by atoms with van der Waals surface area (Å²) in [6.07, 6.45) is 3.47. The van der Waals surface area contributed by atoms with Crippen molar-refractivity contribution in [1.82, 2.24) is 9.97 Å². The van der Waals surface area contributed by atoms with Gasteiger partial charge in [0.1, 0.15) is 5.82 Å². The molecule has 0 radical (unpaired) electrons. The van der Waals surface area contributed by atoms with Gasteiger partial charge in [0.15, 0.2) is 0 Å². The Morgan fingerprint density at radius 3 is 2.53 bits per heavy atom. The summed E-state index contributed by atoms with van der Waals surface area (Å²) >= 11 is 0. The molecule has 0 saturated heterocycles. The number of nitrogens with two attached hydrogens (primary N) is 1. The number of rotatable bonds is 3. The van der Waals surface area contributed by atoms with Crippen LogP contribution in [0.1, 0.15) is 26.5 Å². The van der Waals surface area contributed by atoms with Gasteiger partial charge in [-0.15, -0.1) is 0 Å². The average molecular weight is 208 g/mol. The topological polar surface area (TPSA) is 55.0 Å². The molecule has 0 atom stereocenters. The Labute approximate surface area is 91.5 Å². The highest BCUT2D eigenvalue weighted by Gasteiger charge is 2.14. The molecule has 0 bridgehead atoms. The highest BCUT2D eigenvalue weighted by molar-refractivity contribution is 5.35. The van der Waals surface area contributed by atoms with Gasteiger partial charge >= 0.3 is 0 Å². The molecule has 0 aliphatic heterocycles. The zero-order valence-electron chi connectivity index (χ0n) is 9.99. The quantitative estimate of drug-likeness (QED) is 0.816. The first kappa shape index (κ1) is 11.9. The minimum absolute atomic E-state index is 0.245. The van der Waals surface area contributed by atoms with Crippen LogP contribution < -0.4 is 10.6 Å². The third-order valence-corrected chi connectivity index (χ3v) is 1.98. The summed E-state index contributed by atoms with van der Waals surface area (Å²) in [6, 6.07) is 0. The van der Waals surface area contributed by atoms with Crippen LogP contribution in [-0.4, -0.2) is 23.6 Å². The summed E-state index contributed by atoms with van der Waals surface area (Å²) in [5, 5.41) is 0. The maximum atomic E-state index is 5.53. The molecule has 84 valence electrons. The van der Waals surface area contributed by atoms with Crippen molar-refractivity contribution in [3.05, 3.63) is 18.1 Å². The molecule has 0 spiro atoms. The first-order valence-electron chi connectivity index (χ1n) is 5.14. The lowest BCUT2D eigenvalue weighted by Crippen LogP contribution is -2.30. The fourth-order valence-corrected chi connectivity index (χ4v) is 1.47. The van der Waals surface area contributed by atoms with Crippen LogP contribution in [0, 0.1) is 5.41 Å². The first-order chi connectivity index (χ1) is 6.92. The molecular weight excluding hydrogens is 188 g/mol. The molecule has 1 aromatic heterocycles. The first-order valence-corrected chi connectivity index (χ1v) is 5.14. The molecule has 2 N–H and O–H groups in total. The summed E-state index contributed by atoms with van der Waals surface area (Å²) in [5.74, 6) is 0.882. The Bertz CT molecular complexity index is 317. The monoisotopic (exact) mass is 208 g/mol. The van der Waals surface area contributed by atoms with Gasteiger partial charge in [-0.1, -0.05) is 20.8 Å². The largest absolute Gasteiger partial charge is 0.358 e. The lowest BCUT2D eigenvalue weighted by molar-refractivity contribution is 0.417. The van der Waals surface area contributed by atoms with Crippen molar-refractivity contribution in [1.29, 1.82) is 0 Å². The summed E-state index contributed by atoms with van der Waals surface area (Å²) < 4.78 is 0. The van der Waals surface area contributed by atoms with Crippen molar-refractivity contribution in [3.8, 4) is 0 Å². The van der Waals surface area contributed by atoms with Crippen LogP contribution >= 0.6 is 0 Å². The van der Waals surface area contributed by atoms with Gasteiger partial charge in [-0.05, 0) is 5.41 Å². The van der Waals surface area contributed by atoms with E-state index >= 15 is 0 Å². The second kappa shape index (κ2) is 4.57. The zero-order chi connectivity index (χ0) is 11.5. The standard InChI is InChI=1S/C11H20N4/c1-11(2,3)8-15(4)10-7-13-6-9(5-12)14-10/h6-7H,5,8,12H2,1-4H3. The van der Waals surface area contributed by atoms with Gasteiger partial charge < -0.3 is 10.6 Å². The molecule has 0 saturated carbocycles. The fraction of sp³-hybridized carbons (Fsp3) is 0.636. The van der Waals surface area contributed by atoms with Gasteiger partial charge in [-0.3, -0.25) is 4.98 Å². The predicted octanol–water partition coefficient (Wildman–Crippen LogP) is 1.42.